The third-order valence-corrected chi connectivity index (χ3v) is 13.6. The summed E-state index contributed by atoms with van der Waals surface area (Å²) in [6, 6.07) is 0.957. The van der Waals surface area contributed by atoms with E-state index >= 15 is 0 Å². The van der Waals surface area contributed by atoms with Crippen molar-refractivity contribution in [3.63, 3.8) is 0 Å². The first-order valence-corrected chi connectivity index (χ1v) is 33.3. The van der Waals surface area contributed by atoms with Crippen molar-refractivity contribution in [1.29, 1.82) is 0 Å². The molecule has 0 amide bonds. The Bertz CT molecular complexity index is 4230. The Labute approximate surface area is 462 Å². The number of rotatable bonds is 26. The molecule has 0 radical (unpaired) electrons. The highest BCUT2D eigenvalue weighted by molar-refractivity contribution is 7.83. The Balaban J connectivity index is 1.88. The number of benzene rings is 2. The fourth-order valence-electron chi connectivity index (χ4n) is 6.94. The van der Waals surface area contributed by atoms with Gasteiger partial charge in [-0.15, -0.1) is 0 Å². The van der Waals surface area contributed by atoms with Gasteiger partial charge in [0.15, 0.2) is 47.3 Å². The largest absolute Gasteiger partial charge is 0.454 e. The van der Waals surface area contributed by atoms with Crippen LogP contribution in [0.1, 0.15) is 6.92 Å². The summed E-state index contributed by atoms with van der Waals surface area (Å²) >= 11 is 0. The van der Waals surface area contributed by atoms with E-state index in [1.165, 1.54) is 0 Å². The van der Waals surface area contributed by atoms with Gasteiger partial charge in [0.25, 0.3) is 0 Å². The Morgan fingerprint density at radius 1 is 0.434 bits per heavy atom. The Morgan fingerprint density at radius 3 is 1.31 bits per heavy atom. The van der Waals surface area contributed by atoms with E-state index in [0.29, 0.717) is 13.0 Å². The Kier molecular flexibility index (Phi) is 20.2. The molecule has 3 aromatic rings. The minimum atomic E-state index is -6.39. The summed E-state index contributed by atoms with van der Waals surface area (Å²) in [5.74, 6) is -9.61. The van der Waals surface area contributed by atoms with Crippen LogP contribution in [-0.4, -0.2) is 198 Å². The average molecular weight is 1410 g/mol. The van der Waals surface area contributed by atoms with Gasteiger partial charge in [-0.25, -0.2) is 25.1 Å². The van der Waals surface area contributed by atoms with Gasteiger partial charge in [-0.2, -0.15) is 84.2 Å². The van der Waals surface area contributed by atoms with Crippen molar-refractivity contribution in [2.24, 2.45) is 0 Å². The SMILES string of the molecule is C[C@H]1O[C@H](OC[C@H]2O[C@H](Oc3c(-c4ccc(OS(=O)(=O)O)c(OS(=O)(=O)O)c4)oc4cc(OS(=O)(=O)O)cc(OS(=O)(=O)O)c4c3=O)[C@@H](OS(=O)(=O)O)[C@@H](OS(=O)(=O)O)C2OS(=O)(=O)O)[C@H](OS(=O)(=O)O)[C@H](OS(=O)(=O)O)[C@@H]1OS(=O)(=O)O. The van der Waals surface area contributed by atoms with Gasteiger partial charge >= 0.3 is 104 Å². The minimum Gasteiger partial charge on any atom is -0.454 e. The van der Waals surface area contributed by atoms with Crippen molar-refractivity contribution in [1.82, 2.24) is 0 Å². The highest BCUT2D eigenvalue weighted by Crippen LogP contribution is 2.43. The molecule has 10 atom stereocenters. The number of hydrogen-bond acceptors (Lipinski definition) is 36. The van der Waals surface area contributed by atoms with Gasteiger partial charge in [0.05, 0.1) is 12.7 Å². The van der Waals surface area contributed by atoms with Crippen molar-refractivity contribution >= 4 is 115 Å². The first-order valence-electron chi connectivity index (χ1n) is 19.6. The summed E-state index contributed by atoms with van der Waals surface area (Å²) in [7, 11) is -60.4. The van der Waals surface area contributed by atoms with Crippen molar-refractivity contribution < 1.29 is 195 Å². The van der Waals surface area contributed by atoms with Gasteiger partial charge in [0.1, 0.15) is 41.5 Å². The molecular weight excluding hydrogens is 1380 g/mol. The lowest BCUT2D eigenvalue weighted by atomic mass is 9.98. The van der Waals surface area contributed by atoms with E-state index in [-0.39, 0.29) is 24.3 Å². The van der Waals surface area contributed by atoms with Gasteiger partial charge < -0.3 is 40.1 Å². The second-order valence-corrected chi connectivity index (χ2v) is 25.6. The fourth-order valence-corrected chi connectivity index (χ4v) is 11.4. The van der Waals surface area contributed by atoms with Gasteiger partial charge in [0.2, 0.25) is 17.5 Å². The maximum atomic E-state index is 14.8. The normalized spacial score (nSPS) is 24.7. The summed E-state index contributed by atoms with van der Waals surface area (Å²) in [5.41, 5.74) is -4.68. The van der Waals surface area contributed by atoms with Crippen LogP contribution < -0.4 is 26.9 Å². The molecule has 2 fully saturated rings. The second-order valence-electron chi connectivity index (χ2n) is 15.2. The van der Waals surface area contributed by atoms with E-state index in [2.05, 4.69) is 41.8 Å². The van der Waals surface area contributed by atoms with Crippen LogP contribution >= 0.6 is 0 Å². The molecule has 10 N–H and O–H groups in total. The van der Waals surface area contributed by atoms with Crippen LogP contribution in [0.5, 0.6) is 28.7 Å². The summed E-state index contributed by atoms with van der Waals surface area (Å²) in [6.45, 7) is -1.33. The van der Waals surface area contributed by atoms with Crippen LogP contribution in [0.4, 0.5) is 0 Å². The smallest absolute Gasteiger partial charge is 0.446 e. The van der Waals surface area contributed by atoms with Crippen molar-refractivity contribution in [3.8, 4) is 40.1 Å². The van der Waals surface area contributed by atoms with Crippen LogP contribution in [0, 0.1) is 0 Å². The molecule has 2 aliphatic rings. The van der Waals surface area contributed by atoms with E-state index in [1.807, 2.05) is 0 Å². The highest BCUT2D eigenvalue weighted by Gasteiger charge is 2.57. The zero-order valence-corrected chi connectivity index (χ0v) is 46.8. The van der Waals surface area contributed by atoms with Crippen LogP contribution in [-0.2, 0) is 143 Å². The second kappa shape index (κ2) is 24.3. The minimum absolute atomic E-state index is 0.0293. The molecule has 2 aliphatic heterocycles. The molecule has 2 saturated heterocycles. The summed E-state index contributed by atoms with van der Waals surface area (Å²) in [5, 5.41) is -1.54. The van der Waals surface area contributed by atoms with E-state index in [4.69, 9.17) is 23.4 Å². The first kappa shape index (κ1) is 69.2. The number of fused-ring (bicyclic) bond motifs is 1. The zero-order valence-electron chi connectivity index (χ0n) is 38.6. The topological polar surface area (TPSA) is 703 Å². The number of ether oxygens (including phenoxy) is 4. The third kappa shape index (κ3) is 21.4. The van der Waals surface area contributed by atoms with Crippen LogP contribution in [0.2, 0.25) is 0 Å². The maximum Gasteiger partial charge on any atom is 0.446 e. The quantitative estimate of drug-likeness (QED) is 0.0337. The lowest BCUT2D eigenvalue weighted by Crippen LogP contribution is -2.65. The van der Waals surface area contributed by atoms with E-state index < -0.39 is 228 Å². The maximum absolute atomic E-state index is 14.8. The van der Waals surface area contributed by atoms with Crippen molar-refractivity contribution in [2.45, 2.75) is 68.3 Å². The zero-order chi connectivity index (χ0) is 63.4. The lowest BCUT2D eigenvalue weighted by molar-refractivity contribution is -0.306. The predicted molar refractivity (Wildman–Crippen MR) is 245 cm³/mol. The third-order valence-electron chi connectivity index (χ3n) is 9.26. The molecule has 0 saturated carbocycles. The van der Waals surface area contributed by atoms with Crippen molar-refractivity contribution in [2.75, 3.05) is 6.61 Å². The van der Waals surface area contributed by atoms with Crippen LogP contribution in [0.25, 0.3) is 22.3 Å². The molecule has 0 bridgehead atoms. The molecule has 3 heterocycles. The molecule has 46 nitrogen and oxygen atoms in total. The highest BCUT2D eigenvalue weighted by atomic mass is 32.3. The Hall–Kier alpha value is -4.61. The average Bonchev–Trinajstić information content (AvgIpc) is 3.43. The van der Waals surface area contributed by atoms with Crippen molar-refractivity contribution in [3.05, 3.63) is 40.6 Å². The van der Waals surface area contributed by atoms with E-state index in [9.17, 15) is 135 Å². The Morgan fingerprint density at radius 2 is 0.843 bits per heavy atom. The molecule has 1 unspecified atom stereocenters. The predicted octanol–water partition coefficient (Wildman–Crippen LogP) is -4.82. The van der Waals surface area contributed by atoms with Gasteiger partial charge in [-0.05, 0) is 25.1 Å². The fraction of sp³-hybridized carbons (Fsp3) is 0.444. The molecule has 2 aromatic carbocycles. The molecule has 5 rings (SSSR count). The van der Waals surface area contributed by atoms with E-state index in [0.717, 1.165) is 0 Å². The molecule has 0 aliphatic carbocycles. The lowest BCUT2D eigenvalue weighted by Gasteiger charge is -2.45. The van der Waals surface area contributed by atoms with Crippen LogP contribution in [0.15, 0.2) is 39.5 Å². The van der Waals surface area contributed by atoms with Crippen LogP contribution in [0.3, 0.4) is 0 Å². The summed E-state index contributed by atoms with van der Waals surface area (Å²) in [6.07, 6.45) is -31.1. The molecule has 474 valence electrons. The molecule has 1 aromatic heterocycles. The monoisotopic (exact) mass is 1410 g/mol. The number of hydrogen-bond donors (Lipinski definition) is 10. The molecule has 83 heavy (non-hydrogen) atoms. The summed E-state index contributed by atoms with van der Waals surface area (Å²) in [4.78, 5) is 14.8. The summed E-state index contributed by atoms with van der Waals surface area (Å²) < 4.78 is 405. The van der Waals surface area contributed by atoms with E-state index in [1.54, 1.807) is 0 Å². The first-order chi connectivity index (χ1) is 37.1. The van der Waals surface area contributed by atoms with Gasteiger partial charge in [-0.1, -0.05) is 0 Å². The molecular formula is C27H30O46S10. The van der Waals surface area contributed by atoms with Gasteiger partial charge in [-0.3, -0.25) is 50.3 Å². The van der Waals surface area contributed by atoms with Gasteiger partial charge in [0, 0.05) is 17.7 Å². The standard InChI is InChI=1S/C27H30O46S10/c1-8-18(68-78(41,42)43)22(70-80(47,48)49)24(72-82(53,54)55)26(60-8)59-7-15-20(69-79(44,45)46)23(71-81(50,51)52)25(73-83(56,57)58)27(62-15)63-21-17(28)16-13(5-10(64-74(29,30)31)6-14(16)67-77(38,39)40)61-19(21)9-2-3-11(65-75(32,33)34)12(4-9)66-76(35,36)37/h2-6,8,15,18,20,22-27H,7H2,1H3,(H,29,30,31)(H,32,33,34)(H,35,36,37)(H,38,39,40)(H,41,42,43)(H,44,45,46)(H,47,48,49)(H,50,51,52)(H,53,54,55)(H,56,57,58)/t8-,15-,18-,20?,22-,23+,24-,25+,26+,27-/m1/s1. The molecule has 56 heteroatoms. The molecule has 0 spiro atoms.